The zero-order valence-corrected chi connectivity index (χ0v) is 19.2. The van der Waals surface area contributed by atoms with Crippen molar-refractivity contribution in [3.8, 4) is 0 Å². The maximum absolute atomic E-state index is 4.66. The van der Waals surface area contributed by atoms with E-state index in [1.807, 2.05) is 12.1 Å². The van der Waals surface area contributed by atoms with Gasteiger partial charge in [-0.1, -0.05) is 24.3 Å². The summed E-state index contributed by atoms with van der Waals surface area (Å²) in [4.78, 5) is 9.33. The fourth-order valence-electron chi connectivity index (χ4n) is 2.12. The van der Waals surface area contributed by atoms with Crippen molar-refractivity contribution in [1.29, 1.82) is 0 Å². The molecule has 0 atom stereocenters. The molecule has 0 saturated carbocycles. The normalized spacial score (nSPS) is 9.00. The fourth-order valence-corrected chi connectivity index (χ4v) is 4.16. The second kappa shape index (κ2) is 11.8. The zero-order valence-electron chi connectivity index (χ0n) is 12.0. The molecule has 0 unspecified atom stereocenters. The molecular weight excluding hydrogens is 505 g/mol. The quantitative estimate of drug-likeness (QED) is 0.265. The van der Waals surface area contributed by atoms with Crippen LogP contribution in [0.4, 0.5) is 0 Å². The Morgan fingerprint density at radius 2 is 1.00 bits per heavy atom. The van der Waals surface area contributed by atoms with E-state index < -0.39 is 0 Å². The minimum atomic E-state index is 0. The van der Waals surface area contributed by atoms with Crippen molar-refractivity contribution in [2.75, 3.05) is 0 Å². The van der Waals surface area contributed by atoms with Gasteiger partial charge in [0, 0.05) is 0 Å². The van der Waals surface area contributed by atoms with Crippen LogP contribution < -0.4 is 49.6 Å². The van der Waals surface area contributed by atoms with Gasteiger partial charge in [0.15, 0.2) is 0 Å². The van der Waals surface area contributed by atoms with Crippen LogP contribution in [0.2, 0.25) is 0 Å². The summed E-state index contributed by atoms with van der Waals surface area (Å²) < 4.78 is 2.50. The first kappa shape index (κ1) is 26.5. The average Bonchev–Trinajstić information content (AvgIpc) is 3.00. The molecule has 0 amide bonds. The average molecular weight is 515 g/mol. The topological polar surface area (TPSA) is 25.8 Å². The Balaban J connectivity index is 0. The molecule has 24 heavy (non-hydrogen) atoms. The maximum atomic E-state index is 4.66. The van der Waals surface area contributed by atoms with E-state index in [0.29, 0.717) is 0 Å². The summed E-state index contributed by atoms with van der Waals surface area (Å²) in [5.41, 5.74) is 2.17. The standard InChI is InChI=1S/C15H10N2S2.4ClH.Zr/c1-3-7-12-10(5-1)16-14(18-12)9-15-17-11-6-2-4-8-13(11)19-15;;;;;/h1-8H,9H2;4*1H;/q;;;;;+4/p-4. The summed E-state index contributed by atoms with van der Waals surface area (Å²) in [6.07, 6.45) is 0.832. The first-order chi connectivity index (χ1) is 9.38. The van der Waals surface area contributed by atoms with E-state index in [-0.39, 0.29) is 75.8 Å². The van der Waals surface area contributed by atoms with E-state index >= 15 is 0 Å². The maximum Gasteiger partial charge on any atom is 4.00 e. The van der Waals surface area contributed by atoms with Crippen molar-refractivity contribution in [3.05, 3.63) is 58.5 Å². The Morgan fingerprint density at radius 3 is 1.38 bits per heavy atom. The van der Waals surface area contributed by atoms with Crippen LogP contribution in [0.15, 0.2) is 48.5 Å². The largest absolute Gasteiger partial charge is 4.00 e. The van der Waals surface area contributed by atoms with Gasteiger partial charge in [0.2, 0.25) is 0 Å². The summed E-state index contributed by atoms with van der Waals surface area (Å²) in [5, 5.41) is 2.28. The number of benzene rings is 2. The van der Waals surface area contributed by atoms with Crippen LogP contribution in [-0.2, 0) is 32.6 Å². The van der Waals surface area contributed by atoms with Gasteiger partial charge in [0.25, 0.3) is 0 Å². The first-order valence-electron chi connectivity index (χ1n) is 6.07. The van der Waals surface area contributed by atoms with Crippen molar-refractivity contribution >= 4 is 43.1 Å². The van der Waals surface area contributed by atoms with Crippen molar-refractivity contribution in [2.45, 2.75) is 6.42 Å². The molecule has 0 aliphatic rings. The number of aromatic nitrogens is 2. The third kappa shape index (κ3) is 5.64. The molecule has 9 heteroatoms. The number of thiazole rings is 2. The molecule has 0 saturated heterocycles. The SMILES string of the molecule is [Cl-].[Cl-].[Cl-].[Cl-].[Zr+4].c1ccc2sc(Cc3nc4ccccc4s3)nc2c1. The monoisotopic (exact) mass is 512 g/mol. The molecule has 2 heterocycles. The Labute approximate surface area is 192 Å². The van der Waals surface area contributed by atoms with E-state index in [1.165, 1.54) is 9.40 Å². The van der Waals surface area contributed by atoms with Crippen molar-refractivity contribution in [3.63, 3.8) is 0 Å². The second-order valence-electron chi connectivity index (χ2n) is 4.33. The third-order valence-electron chi connectivity index (χ3n) is 2.98. The van der Waals surface area contributed by atoms with Crippen LogP contribution in [0.5, 0.6) is 0 Å². The predicted molar refractivity (Wildman–Crippen MR) is 82.0 cm³/mol. The van der Waals surface area contributed by atoms with Gasteiger partial charge in [-0.15, -0.1) is 22.7 Å². The Bertz CT molecular complexity index is 744. The van der Waals surface area contributed by atoms with Gasteiger partial charge >= 0.3 is 26.2 Å². The summed E-state index contributed by atoms with van der Waals surface area (Å²) >= 11 is 3.52. The van der Waals surface area contributed by atoms with Gasteiger partial charge in [-0.2, -0.15) is 0 Å². The molecule has 0 bridgehead atoms. The first-order valence-corrected chi connectivity index (χ1v) is 7.71. The van der Waals surface area contributed by atoms with E-state index in [2.05, 4.69) is 46.4 Å². The number of halogens is 4. The molecule has 4 aromatic rings. The fraction of sp³-hybridized carbons (Fsp3) is 0.0667. The minimum absolute atomic E-state index is 0. The van der Waals surface area contributed by atoms with E-state index in [1.54, 1.807) is 22.7 Å². The van der Waals surface area contributed by atoms with Crippen molar-refractivity contribution in [1.82, 2.24) is 9.97 Å². The van der Waals surface area contributed by atoms with E-state index in [0.717, 1.165) is 27.5 Å². The van der Waals surface area contributed by atoms with Crippen molar-refractivity contribution < 1.29 is 75.8 Å². The summed E-state index contributed by atoms with van der Waals surface area (Å²) in [6.45, 7) is 0. The Kier molecular flexibility index (Phi) is 13.0. The third-order valence-corrected chi connectivity index (χ3v) is 5.05. The van der Waals surface area contributed by atoms with Crippen LogP contribution in [0.1, 0.15) is 10.0 Å². The predicted octanol–water partition coefficient (Wildman–Crippen LogP) is -7.49. The van der Waals surface area contributed by atoms with Crippen molar-refractivity contribution in [2.24, 2.45) is 0 Å². The molecule has 2 nitrogen and oxygen atoms in total. The molecular formula is C15H10Cl4N2S2Zr. The smallest absolute Gasteiger partial charge is 1.00 e. The van der Waals surface area contributed by atoms with Crippen LogP contribution in [0.3, 0.4) is 0 Å². The summed E-state index contributed by atoms with van der Waals surface area (Å²) in [6, 6.07) is 16.5. The Hall–Kier alpha value is 0.263. The number of hydrogen-bond acceptors (Lipinski definition) is 4. The molecule has 0 spiro atoms. The molecule has 0 aliphatic carbocycles. The number of hydrogen-bond donors (Lipinski definition) is 0. The number of para-hydroxylation sites is 2. The van der Waals surface area contributed by atoms with Gasteiger partial charge in [-0.3, -0.25) is 0 Å². The molecule has 0 aliphatic heterocycles. The summed E-state index contributed by atoms with van der Waals surface area (Å²) in [7, 11) is 0. The number of fused-ring (bicyclic) bond motifs is 2. The summed E-state index contributed by atoms with van der Waals surface area (Å²) in [5.74, 6) is 0. The van der Waals surface area contributed by atoms with E-state index in [4.69, 9.17) is 0 Å². The van der Waals surface area contributed by atoms with Crippen LogP contribution in [0.25, 0.3) is 20.4 Å². The molecule has 0 fully saturated rings. The van der Waals surface area contributed by atoms with Gasteiger partial charge in [0.05, 0.1) is 26.9 Å². The van der Waals surface area contributed by atoms with Gasteiger partial charge in [0.1, 0.15) is 10.0 Å². The minimum Gasteiger partial charge on any atom is -1.00 e. The molecule has 124 valence electrons. The van der Waals surface area contributed by atoms with Gasteiger partial charge in [-0.25, -0.2) is 9.97 Å². The molecule has 2 aromatic carbocycles. The molecule has 2 aromatic heterocycles. The molecule has 0 radical (unpaired) electrons. The number of rotatable bonds is 2. The Morgan fingerprint density at radius 1 is 0.625 bits per heavy atom. The van der Waals surface area contributed by atoms with Gasteiger partial charge < -0.3 is 49.6 Å². The van der Waals surface area contributed by atoms with Crippen LogP contribution in [-0.4, -0.2) is 9.97 Å². The van der Waals surface area contributed by atoms with Crippen LogP contribution >= 0.6 is 22.7 Å². The van der Waals surface area contributed by atoms with E-state index in [9.17, 15) is 0 Å². The second-order valence-corrected chi connectivity index (χ2v) is 6.56. The molecule has 0 N–H and O–H groups in total. The number of nitrogens with zero attached hydrogens (tertiary/aromatic N) is 2. The van der Waals surface area contributed by atoms with Crippen LogP contribution in [0, 0.1) is 0 Å². The zero-order chi connectivity index (χ0) is 12.7. The molecule has 4 rings (SSSR count). The van der Waals surface area contributed by atoms with Gasteiger partial charge in [-0.05, 0) is 24.3 Å².